The maximum atomic E-state index is 13.1. The van der Waals surface area contributed by atoms with Crippen molar-refractivity contribution >= 4 is 0 Å². The summed E-state index contributed by atoms with van der Waals surface area (Å²) in [6.45, 7) is 1.76. The Labute approximate surface area is 179 Å². The van der Waals surface area contributed by atoms with Gasteiger partial charge in [-0.15, -0.1) is 10.2 Å². The molecular weight excluding hydrogens is 440 g/mol. The number of alkyl halides is 6. The molecule has 1 heterocycles. The molecule has 0 aliphatic heterocycles. The zero-order valence-corrected chi connectivity index (χ0v) is 17.0. The van der Waals surface area contributed by atoms with Crippen LogP contribution in [-0.2, 0) is 25.5 Å². The number of para-hydroxylation sites is 1. The van der Waals surface area contributed by atoms with Gasteiger partial charge in [0.1, 0.15) is 12.4 Å². The third-order valence-electron chi connectivity index (χ3n) is 4.85. The minimum absolute atomic E-state index is 0.0897. The van der Waals surface area contributed by atoms with Crippen molar-refractivity contribution in [3.05, 3.63) is 70.5 Å². The van der Waals surface area contributed by atoms with Gasteiger partial charge in [0.25, 0.3) is 0 Å². The molecule has 172 valence electrons. The average Bonchev–Trinajstić information content (AvgIpc) is 3.23. The number of halogens is 6. The normalized spacial score (nSPS) is 13.4. The van der Waals surface area contributed by atoms with Crippen LogP contribution in [0.4, 0.5) is 26.3 Å². The van der Waals surface area contributed by atoms with E-state index in [4.69, 9.17) is 4.74 Å². The van der Waals surface area contributed by atoms with Crippen LogP contribution in [0.3, 0.4) is 0 Å². The van der Waals surface area contributed by atoms with Crippen LogP contribution in [0, 0.1) is 0 Å². The van der Waals surface area contributed by atoms with Crippen molar-refractivity contribution in [2.75, 3.05) is 7.05 Å². The number of H-pyrrole nitrogens is 1. The predicted octanol–water partition coefficient (Wildman–Crippen LogP) is 5.01. The van der Waals surface area contributed by atoms with Crippen molar-refractivity contribution in [1.29, 1.82) is 0 Å². The number of rotatable bonds is 7. The van der Waals surface area contributed by atoms with Crippen LogP contribution in [0.1, 0.15) is 41.0 Å². The highest BCUT2D eigenvalue weighted by Gasteiger charge is 2.37. The highest BCUT2D eigenvalue weighted by molar-refractivity contribution is 5.37. The summed E-state index contributed by atoms with van der Waals surface area (Å²) in [4.78, 5) is 1.89. The molecule has 12 heteroatoms. The summed E-state index contributed by atoms with van der Waals surface area (Å²) in [7, 11) is 1.81. The molecule has 0 radical (unpaired) electrons. The summed E-state index contributed by atoms with van der Waals surface area (Å²) in [6.07, 6.45) is -9.83. The fourth-order valence-electron chi connectivity index (χ4n) is 3.07. The fraction of sp³-hybridized carbons (Fsp3) is 0.350. The van der Waals surface area contributed by atoms with E-state index in [9.17, 15) is 26.3 Å². The number of aromatic nitrogens is 4. The molecule has 0 aliphatic rings. The molecule has 0 bridgehead atoms. The van der Waals surface area contributed by atoms with Gasteiger partial charge in [-0.3, -0.25) is 4.90 Å². The van der Waals surface area contributed by atoms with E-state index in [2.05, 4.69) is 20.6 Å². The number of hydrogen-bond donors (Lipinski definition) is 1. The van der Waals surface area contributed by atoms with Crippen molar-refractivity contribution < 1.29 is 31.1 Å². The molecule has 0 amide bonds. The van der Waals surface area contributed by atoms with E-state index < -0.39 is 30.1 Å². The highest BCUT2D eigenvalue weighted by Crippen LogP contribution is 2.37. The third-order valence-corrected chi connectivity index (χ3v) is 4.85. The average molecular weight is 459 g/mol. The summed E-state index contributed by atoms with van der Waals surface area (Å²) >= 11 is 0. The van der Waals surface area contributed by atoms with E-state index in [0.717, 1.165) is 0 Å². The molecule has 32 heavy (non-hydrogen) atoms. The Bertz CT molecular complexity index is 1000. The van der Waals surface area contributed by atoms with E-state index >= 15 is 0 Å². The Balaban J connectivity index is 1.82. The molecule has 0 spiro atoms. The van der Waals surface area contributed by atoms with Gasteiger partial charge < -0.3 is 4.74 Å². The summed E-state index contributed by atoms with van der Waals surface area (Å²) in [5, 5.41) is 13.6. The number of aromatic amines is 1. The van der Waals surface area contributed by atoms with Crippen LogP contribution in [0.2, 0.25) is 0 Å². The Morgan fingerprint density at radius 2 is 1.62 bits per heavy atom. The van der Waals surface area contributed by atoms with E-state index in [1.54, 1.807) is 31.3 Å². The number of hydrogen-bond acceptors (Lipinski definition) is 5. The van der Waals surface area contributed by atoms with E-state index in [0.29, 0.717) is 35.8 Å². The Kier molecular flexibility index (Phi) is 6.72. The van der Waals surface area contributed by atoms with Gasteiger partial charge in [0, 0.05) is 11.6 Å². The molecule has 0 unspecified atom stereocenters. The molecule has 1 N–H and O–H groups in total. The number of nitrogens with zero attached hydrogens (tertiary/aromatic N) is 4. The Morgan fingerprint density at radius 3 is 2.19 bits per heavy atom. The monoisotopic (exact) mass is 459 g/mol. The van der Waals surface area contributed by atoms with Crippen LogP contribution in [-0.4, -0.2) is 32.6 Å². The first-order valence-corrected chi connectivity index (χ1v) is 9.38. The van der Waals surface area contributed by atoms with Crippen molar-refractivity contribution in [3.8, 4) is 5.75 Å². The van der Waals surface area contributed by atoms with E-state index in [1.807, 2.05) is 11.8 Å². The lowest BCUT2D eigenvalue weighted by Crippen LogP contribution is -2.23. The molecule has 1 aromatic heterocycles. The molecule has 2 aromatic carbocycles. The van der Waals surface area contributed by atoms with Gasteiger partial charge >= 0.3 is 12.4 Å². The molecule has 6 nitrogen and oxygen atoms in total. The third kappa shape index (κ3) is 5.75. The van der Waals surface area contributed by atoms with Gasteiger partial charge in [-0.05, 0) is 43.8 Å². The zero-order chi connectivity index (χ0) is 23.5. The van der Waals surface area contributed by atoms with Crippen molar-refractivity contribution in [1.82, 2.24) is 25.5 Å². The molecule has 0 saturated carbocycles. The first-order chi connectivity index (χ1) is 14.9. The predicted molar refractivity (Wildman–Crippen MR) is 101 cm³/mol. The topological polar surface area (TPSA) is 66.9 Å². The number of tetrazole rings is 1. The van der Waals surface area contributed by atoms with Crippen LogP contribution in [0.5, 0.6) is 5.75 Å². The number of benzene rings is 2. The number of nitrogens with one attached hydrogen (secondary N) is 1. The molecule has 1 atom stereocenters. The summed E-state index contributed by atoms with van der Waals surface area (Å²) in [5.41, 5.74) is -2.31. The quantitative estimate of drug-likeness (QED) is 0.504. The summed E-state index contributed by atoms with van der Waals surface area (Å²) in [5.74, 6) is 0.798. The van der Waals surface area contributed by atoms with Gasteiger partial charge in [-0.25, -0.2) is 0 Å². The van der Waals surface area contributed by atoms with Crippen LogP contribution in [0.25, 0.3) is 0 Å². The second kappa shape index (κ2) is 9.15. The summed E-state index contributed by atoms with van der Waals surface area (Å²) < 4.78 is 84.2. The highest BCUT2D eigenvalue weighted by atomic mass is 19.4. The molecule has 3 rings (SSSR count). The van der Waals surface area contributed by atoms with E-state index in [-0.39, 0.29) is 17.7 Å². The maximum Gasteiger partial charge on any atom is 0.416 e. The smallest absolute Gasteiger partial charge is 0.416 e. The Morgan fingerprint density at radius 1 is 1.00 bits per heavy atom. The maximum absolute atomic E-state index is 13.1. The van der Waals surface area contributed by atoms with Gasteiger partial charge in [-0.1, -0.05) is 23.4 Å². The lowest BCUT2D eigenvalue weighted by Gasteiger charge is -2.25. The second-order valence-electron chi connectivity index (χ2n) is 7.16. The second-order valence-corrected chi connectivity index (χ2v) is 7.16. The molecule has 3 aromatic rings. The molecular formula is C20H19F6N5O. The van der Waals surface area contributed by atoms with Crippen LogP contribution in [0.15, 0.2) is 42.5 Å². The first-order valence-electron chi connectivity index (χ1n) is 9.38. The van der Waals surface area contributed by atoms with Crippen LogP contribution >= 0.6 is 0 Å². The minimum Gasteiger partial charge on any atom is -0.489 e. The molecule has 0 saturated heterocycles. The van der Waals surface area contributed by atoms with E-state index in [1.165, 1.54) is 0 Å². The summed E-state index contributed by atoms with van der Waals surface area (Å²) in [6, 6.07) is 7.97. The van der Waals surface area contributed by atoms with Gasteiger partial charge in [0.05, 0.1) is 17.7 Å². The van der Waals surface area contributed by atoms with Gasteiger partial charge in [0.15, 0.2) is 5.82 Å². The lowest BCUT2D eigenvalue weighted by atomic mass is 10.0. The molecule has 0 aliphatic carbocycles. The van der Waals surface area contributed by atoms with Gasteiger partial charge in [-0.2, -0.15) is 31.6 Å². The SMILES string of the molecule is C[C@@H](c1ccccc1OCc1cc(C(F)(F)F)cc(C(F)(F)F)c1)N(C)Cc1nn[nH]n1. The number of ether oxygens (including phenoxy) is 1. The van der Waals surface area contributed by atoms with Gasteiger partial charge in [0.2, 0.25) is 0 Å². The largest absolute Gasteiger partial charge is 0.489 e. The first kappa shape index (κ1) is 23.5. The zero-order valence-electron chi connectivity index (χ0n) is 17.0. The van der Waals surface area contributed by atoms with Crippen LogP contribution < -0.4 is 4.74 Å². The van der Waals surface area contributed by atoms with Crippen molar-refractivity contribution in [2.45, 2.75) is 38.5 Å². The fourth-order valence-corrected chi connectivity index (χ4v) is 3.07. The van der Waals surface area contributed by atoms with Crippen molar-refractivity contribution in [3.63, 3.8) is 0 Å². The standard InChI is InChI=1S/C20H19F6N5O/c1-12(31(2)10-18-27-29-30-28-18)16-5-3-4-6-17(16)32-11-13-7-14(19(21,22)23)9-15(8-13)20(24,25)26/h3-9,12H,10-11H2,1-2H3,(H,27,28,29,30)/t12-/m0/s1. The Hall–Kier alpha value is -3.15. The molecule has 0 fully saturated rings. The minimum atomic E-state index is -4.92. The van der Waals surface area contributed by atoms with Crippen molar-refractivity contribution in [2.24, 2.45) is 0 Å². The lowest BCUT2D eigenvalue weighted by molar-refractivity contribution is -0.143.